The van der Waals surface area contributed by atoms with Crippen LogP contribution in [0, 0.1) is 0 Å². The van der Waals surface area contributed by atoms with Gasteiger partial charge < -0.3 is 77.3 Å². The molecule has 16 heteroatoms. The maximum Gasteiger partial charge on any atom is 0.187 e. The molecule has 83 heavy (non-hydrogen) atoms. The van der Waals surface area contributed by atoms with Gasteiger partial charge in [-0.1, -0.05) is 212 Å². The first kappa shape index (κ1) is 60.0. The maximum atomic E-state index is 12.8. The van der Waals surface area contributed by atoms with Crippen LogP contribution in [0.3, 0.4) is 0 Å². The first-order valence-corrected chi connectivity index (χ1v) is 28.3. The van der Waals surface area contributed by atoms with Crippen molar-refractivity contribution in [2.75, 3.05) is 19.8 Å². The molecule has 7 aromatic carbocycles. The van der Waals surface area contributed by atoms with Crippen molar-refractivity contribution in [3.63, 3.8) is 0 Å². The molecular formula is C67H74O16. The summed E-state index contributed by atoms with van der Waals surface area (Å²) in [5.74, 6) is 0. The van der Waals surface area contributed by atoms with Crippen molar-refractivity contribution in [1.82, 2.24) is 0 Å². The van der Waals surface area contributed by atoms with Gasteiger partial charge in [-0.3, -0.25) is 0 Å². The van der Waals surface area contributed by atoms with Crippen molar-refractivity contribution in [3.8, 4) is 0 Å². The van der Waals surface area contributed by atoms with Crippen LogP contribution in [0.2, 0.25) is 0 Å². The highest BCUT2D eigenvalue weighted by atomic mass is 16.8. The Morgan fingerprint density at radius 1 is 0.289 bits per heavy atom. The SMILES string of the molecule is OC[C@H]1O[C@H](OC[C@H]2O[C@H](O)[C@@H](OCc3ccccc3)[C@@H](O[C@H]3O[C@H](COCc4ccccc4)[C@@H](OCc4ccccc4)[C@H](OCc4ccccc4)[C@@H]3O)[C@@H]2OCc2ccccc2)[C@@H](OCc2ccccc2)[C@@H](O)[C@@H]1OCc1ccccc1. The molecule has 3 fully saturated rings. The average Bonchev–Trinajstić information content (AvgIpc) is 3.73. The summed E-state index contributed by atoms with van der Waals surface area (Å²) in [4.78, 5) is 0. The molecule has 3 saturated heterocycles. The molecule has 3 heterocycles. The van der Waals surface area contributed by atoms with Gasteiger partial charge in [0, 0.05) is 0 Å². The van der Waals surface area contributed by atoms with E-state index >= 15 is 0 Å². The van der Waals surface area contributed by atoms with E-state index in [4.69, 9.17) is 56.8 Å². The quantitative estimate of drug-likeness (QED) is 0.0369. The molecule has 0 amide bonds. The molecule has 0 unspecified atom stereocenters. The first-order chi connectivity index (χ1) is 40.9. The van der Waals surface area contributed by atoms with Gasteiger partial charge in [0.1, 0.15) is 73.2 Å². The zero-order valence-electron chi connectivity index (χ0n) is 46.1. The number of benzene rings is 7. The maximum absolute atomic E-state index is 12.8. The van der Waals surface area contributed by atoms with E-state index in [-0.39, 0.29) is 59.5 Å². The van der Waals surface area contributed by atoms with Gasteiger partial charge in [-0.25, -0.2) is 0 Å². The Kier molecular flexibility index (Phi) is 22.5. The normalized spacial score (nSPS) is 28.2. The van der Waals surface area contributed by atoms with Crippen LogP contribution >= 0.6 is 0 Å². The van der Waals surface area contributed by atoms with Crippen molar-refractivity contribution < 1.29 is 77.3 Å². The third kappa shape index (κ3) is 16.8. The number of aliphatic hydroxyl groups excluding tert-OH is 4. The Morgan fingerprint density at radius 3 is 1.05 bits per heavy atom. The summed E-state index contributed by atoms with van der Waals surface area (Å²) in [6.07, 6.45) is -18.1. The minimum atomic E-state index is -1.67. The topological polar surface area (TPSA) is 192 Å². The van der Waals surface area contributed by atoms with Crippen LogP contribution in [-0.2, 0) is 103 Å². The molecule has 438 valence electrons. The predicted molar refractivity (Wildman–Crippen MR) is 304 cm³/mol. The van der Waals surface area contributed by atoms with Crippen molar-refractivity contribution >= 4 is 0 Å². The second-order valence-corrected chi connectivity index (χ2v) is 20.8. The van der Waals surface area contributed by atoms with E-state index in [9.17, 15) is 20.4 Å². The van der Waals surface area contributed by atoms with E-state index in [0.29, 0.717) is 0 Å². The summed E-state index contributed by atoms with van der Waals surface area (Å²) in [6, 6.07) is 67.0. The van der Waals surface area contributed by atoms with Crippen LogP contribution in [-0.4, -0.2) is 132 Å². The monoisotopic (exact) mass is 1130 g/mol. The van der Waals surface area contributed by atoms with Crippen LogP contribution in [0.5, 0.6) is 0 Å². The Bertz CT molecular complexity index is 2880. The second-order valence-electron chi connectivity index (χ2n) is 20.8. The minimum Gasteiger partial charge on any atom is -0.394 e. The minimum absolute atomic E-state index is 0.00853. The van der Waals surface area contributed by atoms with Gasteiger partial charge >= 0.3 is 0 Å². The number of hydrogen-bond donors (Lipinski definition) is 4. The zero-order valence-corrected chi connectivity index (χ0v) is 46.1. The molecule has 0 aliphatic carbocycles. The molecule has 4 N–H and O–H groups in total. The molecule has 3 aliphatic heterocycles. The van der Waals surface area contributed by atoms with Gasteiger partial charge in [0.25, 0.3) is 0 Å². The van der Waals surface area contributed by atoms with E-state index in [1.165, 1.54) is 0 Å². The second kappa shape index (κ2) is 31.2. The molecule has 7 aromatic rings. The predicted octanol–water partition coefficient (Wildman–Crippen LogP) is 8.00. The van der Waals surface area contributed by atoms with E-state index in [0.717, 1.165) is 38.9 Å². The van der Waals surface area contributed by atoms with E-state index < -0.39 is 98.7 Å². The van der Waals surface area contributed by atoms with Crippen molar-refractivity contribution in [2.45, 2.75) is 138 Å². The lowest BCUT2D eigenvalue weighted by molar-refractivity contribution is -0.376. The molecular weight excluding hydrogens is 1060 g/mol. The summed E-state index contributed by atoms with van der Waals surface area (Å²) < 4.78 is 79.7. The first-order valence-electron chi connectivity index (χ1n) is 28.3. The van der Waals surface area contributed by atoms with Crippen molar-refractivity contribution in [2.24, 2.45) is 0 Å². The van der Waals surface area contributed by atoms with Gasteiger partial charge in [0.15, 0.2) is 18.9 Å². The number of ether oxygens (including phenoxy) is 12. The standard InChI is InChI=1S/C67H74O16/c68-36-53-58(73-38-47-24-10-2-11-25-47)56(69)62(77-42-51-32-18-6-19-33-51)67(81-53)79-45-55-60(75-40-49-28-14-4-15-29-49)63(64(65(71)80-55)78-43-52-34-20-7-21-35-52)83-66-57(70)61(76-41-50-30-16-5-17-31-50)59(74-39-48-26-12-3-13-27-48)54(82-66)44-72-37-46-22-8-1-9-23-46/h1-35,53-71H,36-45H2/t53-,54-,55-,56+,57+,58-,59-,60-,61-,62+,63+,64+,65+,66-,67+/m1/s1. The van der Waals surface area contributed by atoms with Gasteiger partial charge in [-0.2, -0.15) is 0 Å². The Morgan fingerprint density at radius 2 is 0.627 bits per heavy atom. The summed E-state index contributed by atoms with van der Waals surface area (Å²) in [6.45, 7) is -0.0100. The summed E-state index contributed by atoms with van der Waals surface area (Å²) >= 11 is 0. The lowest BCUT2D eigenvalue weighted by Crippen LogP contribution is -2.66. The molecule has 0 saturated carbocycles. The molecule has 0 radical (unpaired) electrons. The van der Waals surface area contributed by atoms with E-state index in [1.54, 1.807) is 0 Å². The van der Waals surface area contributed by atoms with Gasteiger partial charge in [-0.15, -0.1) is 0 Å². The molecule has 15 atom stereocenters. The van der Waals surface area contributed by atoms with E-state index in [1.807, 2.05) is 212 Å². The highest BCUT2D eigenvalue weighted by molar-refractivity contribution is 5.19. The molecule has 10 rings (SSSR count). The van der Waals surface area contributed by atoms with Crippen LogP contribution in [0.15, 0.2) is 212 Å². The van der Waals surface area contributed by atoms with E-state index in [2.05, 4.69) is 0 Å². The third-order valence-electron chi connectivity index (χ3n) is 14.8. The fourth-order valence-electron chi connectivity index (χ4n) is 10.5. The lowest BCUT2D eigenvalue weighted by atomic mass is 9.95. The van der Waals surface area contributed by atoms with Crippen molar-refractivity contribution in [1.29, 1.82) is 0 Å². The molecule has 16 nitrogen and oxygen atoms in total. The van der Waals surface area contributed by atoms with Gasteiger partial charge in [0.05, 0.1) is 66.1 Å². The number of rotatable bonds is 28. The smallest absolute Gasteiger partial charge is 0.187 e. The van der Waals surface area contributed by atoms with Crippen LogP contribution < -0.4 is 0 Å². The lowest BCUT2D eigenvalue weighted by Gasteiger charge is -2.49. The molecule has 0 bridgehead atoms. The van der Waals surface area contributed by atoms with Crippen molar-refractivity contribution in [3.05, 3.63) is 251 Å². The number of aliphatic hydroxyl groups is 4. The fourth-order valence-corrected chi connectivity index (χ4v) is 10.5. The zero-order chi connectivity index (χ0) is 57.0. The Hall–Kier alpha value is -6.10. The Labute approximate surface area is 484 Å². The highest BCUT2D eigenvalue weighted by Crippen LogP contribution is 2.36. The molecule has 0 spiro atoms. The van der Waals surface area contributed by atoms with Gasteiger partial charge in [0.2, 0.25) is 0 Å². The fraction of sp³-hybridized carbons (Fsp3) is 0.373. The highest BCUT2D eigenvalue weighted by Gasteiger charge is 2.55. The average molecular weight is 1140 g/mol. The molecule has 3 aliphatic rings. The molecule has 0 aromatic heterocycles. The number of hydrogen-bond acceptors (Lipinski definition) is 16. The van der Waals surface area contributed by atoms with Crippen LogP contribution in [0.4, 0.5) is 0 Å². The van der Waals surface area contributed by atoms with Crippen LogP contribution in [0.1, 0.15) is 38.9 Å². The third-order valence-corrected chi connectivity index (χ3v) is 14.8. The summed E-state index contributed by atoms with van der Waals surface area (Å²) in [7, 11) is 0. The summed E-state index contributed by atoms with van der Waals surface area (Å²) in [5.41, 5.74) is 6.03. The van der Waals surface area contributed by atoms with Gasteiger partial charge in [-0.05, 0) is 38.9 Å². The van der Waals surface area contributed by atoms with Crippen LogP contribution in [0.25, 0.3) is 0 Å². The Balaban J connectivity index is 0.970. The summed E-state index contributed by atoms with van der Waals surface area (Å²) in [5, 5.41) is 48.1. The largest absolute Gasteiger partial charge is 0.394 e.